The van der Waals surface area contributed by atoms with Gasteiger partial charge in [0.05, 0.1) is 11.8 Å². The molecule has 1 aliphatic heterocycles. The van der Waals surface area contributed by atoms with Crippen molar-refractivity contribution in [2.45, 2.75) is 25.9 Å². The predicted molar refractivity (Wildman–Crippen MR) is 91.6 cm³/mol. The van der Waals surface area contributed by atoms with Gasteiger partial charge in [0.1, 0.15) is 0 Å². The highest BCUT2D eigenvalue weighted by Crippen LogP contribution is 2.34. The second-order valence-corrected chi connectivity index (χ2v) is 6.89. The van der Waals surface area contributed by atoms with Crippen LogP contribution in [-0.2, 0) is 4.74 Å². The van der Waals surface area contributed by atoms with Crippen molar-refractivity contribution in [3.05, 3.63) is 35.3 Å². The molecule has 0 amide bonds. The second-order valence-electron chi connectivity index (χ2n) is 5.69. The zero-order valence-electron chi connectivity index (χ0n) is 12.6. The molecule has 3 aromatic rings. The van der Waals surface area contributed by atoms with Crippen LogP contribution in [0.5, 0.6) is 0 Å². The van der Waals surface area contributed by atoms with Crippen molar-refractivity contribution in [3.8, 4) is 11.3 Å². The number of para-hydroxylation sites is 1. The molecular weight excluding hydrogens is 294 g/mol. The van der Waals surface area contributed by atoms with Crippen LogP contribution in [0, 0.1) is 6.92 Å². The third-order valence-electron chi connectivity index (χ3n) is 4.15. The van der Waals surface area contributed by atoms with Crippen LogP contribution in [0.2, 0.25) is 0 Å². The van der Waals surface area contributed by atoms with Crippen molar-refractivity contribution in [1.29, 1.82) is 0 Å². The molecule has 1 aliphatic rings. The summed E-state index contributed by atoms with van der Waals surface area (Å²) in [4.78, 5) is 9.36. The number of hydrogen-bond donors (Lipinski definition) is 2. The molecule has 1 saturated heterocycles. The number of hydrogen-bond acceptors (Lipinski definition) is 4. The van der Waals surface area contributed by atoms with E-state index >= 15 is 0 Å². The highest BCUT2D eigenvalue weighted by atomic mass is 32.1. The number of nitrogens with one attached hydrogen (secondary N) is 2. The number of thiazole rings is 1. The van der Waals surface area contributed by atoms with Gasteiger partial charge in [0.2, 0.25) is 0 Å². The van der Waals surface area contributed by atoms with Gasteiger partial charge in [-0.2, -0.15) is 0 Å². The van der Waals surface area contributed by atoms with Gasteiger partial charge in [0, 0.05) is 40.7 Å². The van der Waals surface area contributed by atoms with E-state index in [1.54, 1.807) is 11.3 Å². The summed E-state index contributed by atoms with van der Waals surface area (Å²) < 4.78 is 5.65. The molecule has 1 unspecified atom stereocenters. The molecule has 3 heterocycles. The Morgan fingerprint density at radius 2 is 2.32 bits per heavy atom. The Kier molecular flexibility index (Phi) is 3.60. The number of rotatable bonds is 4. The Morgan fingerprint density at radius 3 is 3.18 bits per heavy atom. The second kappa shape index (κ2) is 5.74. The number of aromatic nitrogens is 2. The molecule has 22 heavy (non-hydrogen) atoms. The molecular formula is C17H19N3OS. The van der Waals surface area contributed by atoms with Crippen LogP contribution in [0.15, 0.2) is 30.5 Å². The summed E-state index contributed by atoms with van der Waals surface area (Å²) in [5, 5.41) is 5.63. The zero-order chi connectivity index (χ0) is 14.9. The molecule has 5 heteroatoms. The summed E-state index contributed by atoms with van der Waals surface area (Å²) in [5.74, 6) is 0. The monoisotopic (exact) mass is 313 g/mol. The molecule has 0 radical (unpaired) electrons. The lowest BCUT2D eigenvalue weighted by Crippen LogP contribution is -2.18. The molecule has 1 fully saturated rings. The molecule has 1 aromatic carbocycles. The van der Waals surface area contributed by atoms with E-state index in [0.29, 0.717) is 6.10 Å². The van der Waals surface area contributed by atoms with E-state index in [1.807, 2.05) is 6.07 Å². The zero-order valence-corrected chi connectivity index (χ0v) is 13.4. The maximum Gasteiger partial charge on any atom is 0.183 e. The van der Waals surface area contributed by atoms with Crippen molar-refractivity contribution < 1.29 is 4.74 Å². The minimum atomic E-state index is 0.334. The van der Waals surface area contributed by atoms with E-state index in [1.165, 1.54) is 22.2 Å². The predicted octanol–water partition coefficient (Wildman–Crippen LogP) is 4.19. The average Bonchev–Trinajstić information content (AvgIpc) is 3.24. The van der Waals surface area contributed by atoms with E-state index in [9.17, 15) is 0 Å². The summed E-state index contributed by atoms with van der Waals surface area (Å²) in [5.41, 5.74) is 3.39. The van der Waals surface area contributed by atoms with Crippen molar-refractivity contribution >= 4 is 27.4 Å². The molecule has 4 nitrogen and oxygen atoms in total. The topological polar surface area (TPSA) is 49.9 Å². The van der Waals surface area contributed by atoms with Gasteiger partial charge in [0.25, 0.3) is 0 Å². The van der Waals surface area contributed by atoms with Gasteiger partial charge in [-0.05, 0) is 25.8 Å². The highest BCUT2D eigenvalue weighted by Gasteiger charge is 2.17. The number of nitrogens with zero attached hydrogens (tertiary/aromatic N) is 1. The molecule has 0 spiro atoms. The van der Waals surface area contributed by atoms with Gasteiger partial charge >= 0.3 is 0 Å². The maximum atomic E-state index is 5.65. The van der Waals surface area contributed by atoms with E-state index in [0.717, 1.165) is 35.9 Å². The third kappa shape index (κ3) is 2.51. The number of benzene rings is 1. The Labute approximate surface area is 133 Å². The molecule has 1 atom stereocenters. The van der Waals surface area contributed by atoms with Crippen LogP contribution in [0.1, 0.15) is 17.7 Å². The Morgan fingerprint density at radius 1 is 1.41 bits per heavy atom. The molecule has 114 valence electrons. The molecule has 0 bridgehead atoms. The Bertz CT molecular complexity index is 786. The van der Waals surface area contributed by atoms with Crippen LogP contribution in [0.3, 0.4) is 0 Å². The molecule has 4 rings (SSSR count). The summed E-state index contributed by atoms with van der Waals surface area (Å²) in [6.45, 7) is 3.87. The number of ether oxygens (including phenoxy) is 1. The van der Waals surface area contributed by atoms with Crippen LogP contribution in [0.4, 0.5) is 5.13 Å². The van der Waals surface area contributed by atoms with Crippen LogP contribution in [0.25, 0.3) is 22.2 Å². The molecule has 0 saturated carbocycles. The number of anilines is 1. The van der Waals surface area contributed by atoms with E-state index < -0.39 is 0 Å². The van der Waals surface area contributed by atoms with Crippen molar-refractivity contribution in [3.63, 3.8) is 0 Å². The van der Waals surface area contributed by atoms with E-state index in [-0.39, 0.29) is 0 Å². The lowest BCUT2D eigenvalue weighted by Gasteiger charge is -2.09. The minimum Gasteiger partial charge on any atom is -0.376 e. The highest BCUT2D eigenvalue weighted by molar-refractivity contribution is 7.16. The first-order chi connectivity index (χ1) is 10.8. The Hall–Kier alpha value is -1.85. The van der Waals surface area contributed by atoms with Crippen molar-refractivity contribution in [1.82, 2.24) is 9.97 Å². The summed E-state index contributed by atoms with van der Waals surface area (Å²) in [6.07, 6.45) is 4.70. The average molecular weight is 313 g/mol. The fourth-order valence-electron chi connectivity index (χ4n) is 3.00. The van der Waals surface area contributed by atoms with Crippen LogP contribution >= 0.6 is 11.3 Å². The fraction of sp³-hybridized carbons (Fsp3) is 0.353. The Balaban J connectivity index is 1.59. The van der Waals surface area contributed by atoms with Gasteiger partial charge < -0.3 is 15.0 Å². The van der Waals surface area contributed by atoms with Crippen molar-refractivity contribution in [2.75, 3.05) is 18.5 Å². The lowest BCUT2D eigenvalue weighted by molar-refractivity contribution is 0.120. The summed E-state index contributed by atoms with van der Waals surface area (Å²) >= 11 is 1.71. The summed E-state index contributed by atoms with van der Waals surface area (Å²) in [6, 6.07) is 8.35. The van der Waals surface area contributed by atoms with Gasteiger partial charge in [-0.1, -0.05) is 18.2 Å². The van der Waals surface area contributed by atoms with Gasteiger partial charge in [0.15, 0.2) is 5.13 Å². The summed E-state index contributed by atoms with van der Waals surface area (Å²) in [7, 11) is 0. The van der Waals surface area contributed by atoms with E-state index in [2.05, 4.69) is 41.6 Å². The lowest BCUT2D eigenvalue weighted by atomic mass is 10.1. The molecule has 2 N–H and O–H groups in total. The first-order valence-corrected chi connectivity index (χ1v) is 8.52. The minimum absolute atomic E-state index is 0.334. The van der Waals surface area contributed by atoms with Gasteiger partial charge in [-0.25, -0.2) is 4.98 Å². The number of fused-ring (bicyclic) bond motifs is 1. The number of aromatic amines is 1. The smallest absolute Gasteiger partial charge is 0.183 e. The maximum absolute atomic E-state index is 5.65. The van der Waals surface area contributed by atoms with Crippen LogP contribution in [-0.4, -0.2) is 29.2 Å². The normalized spacial score (nSPS) is 18.1. The number of H-pyrrole nitrogens is 1. The largest absolute Gasteiger partial charge is 0.376 e. The SMILES string of the molecule is Cc1sc(NCC2CCCO2)nc1-c1c[nH]c2ccccc12. The molecule has 2 aromatic heterocycles. The standard InChI is InChI=1S/C17H19N3OS/c1-11-16(14-10-18-15-7-3-2-6-13(14)15)20-17(22-11)19-9-12-5-4-8-21-12/h2-3,6-7,10,12,18H,4-5,8-9H2,1H3,(H,19,20). The van der Waals surface area contributed by atoms with Gasteiger partial charge in [-0.3, -0.25) is 0 Å². The first-order valence-electron chi connectivity index (χ1n) is 7.70. The third-order valence-corrected chi connectivity index (χ3v) is 5.07. The van der Waals surface area contributed by atoms with Crippen LogP contribution < -0.4 is 5.32 Å². The fourth-order valence-corrected chi connectivity index (χ4v) is 3.83. The first kappa shape index (κ1) is 13.8. The quantitative estimate of drug-likeness (QED) is 0.759. The van der Waals surface area contributed by atoms with Gasteiger partial charge in [-0.15, -0.1) is 11.3 Å². The van der Waals surface area contributed by atoms with E-state index in [4.69, 9.17) is 9.72 Å². The number of aryl methyl sites for hydroxylation is 1. The molecule has 0 aliphatic carbocycles. The van der Waals surface area contributed by atoms with Crippen molar-refractivity contribution in [2.24, 2.45) is 0 Å².